The van der Waals surface area contributed by atoms with E-state index in [9.17, 15) is 0 Å². The Kier molecular flexibility index (Phi) is 6.69. The summed E-state index contributed by atoms with van der Waals surface area (Å²) in [6, 6.07) is 15.1. The van der Waals surface area contributed by atoms with Crippen molar-refractivity contribution in [3.05, 3.63) is 58.3 Å². The lowest BCUT2D eigenvalue weighted by Crippen LogP contribution is -2.48. The number of hydrogen-bond acceptors (Lipinski definition) is 3. The molecule has 0 radical (unpaired) electrons. The maximum atomic E-state index is 5.63. The van der Waals surface area contributed by atoms with E-state index in [2.05, 4.69) is 70.4 Å². The van der Waals surface area contributed by atoms with Crippen LogP contribution in [0.2, 0.25) is 0 Å². The predicted molar refractivity (Wildman–Crippen MR) is 110 cm³/mol. The van der Waals surface area contributed by atoms with E-state index < -0.39 is 0 Å². The number of aliphatic imine (C=N–C) groups is 1. The fourth-order valence-corrected chi connectivity index (χ4v) is 4.30. The molecule has 2 heterocycles. The molecule has 3 rings (SSSR count). The van der Waals surface area contributed by atoms with Crippen molar-refractivity contribution in [2.24, 2.45) is 4.99 Å². The molecule has 1 aromatic carbocycles. The Bertz CT molecular complexity index is 679. The summed E-state index contributed by atoms with van der Waals surface area (Å²) in [6.07, 6.45) is 2.07. The van der Waals surface area contributed by atoms with Crippen molar-refractivity contribution in [3.8, 4) is 0 Å². The first-order valence-corrected chi connectivity index (χ1v) is 10.2. The lowest BCUT2D eigenvalue weighted by molar-refractivity contribution is 0.0514. The summed E-state index contributed by atoms with van der Waals surface area (Å²) < 4.78 is 5.63. The fraction of sp³-hybridized carbons (Fsp3) is 0.476. The first-order chi connectivity index (χ1) is 12.7. The van der Waals surface area contributed by atoms with E-state index in [1.54, 1.807) is 0 Å². The van der Waals surface area contributed by atoms with Gasteiger partial charge in [-0.2, -0.15) is 0 Å². The van der Waals surface area contributed by atoms with Gasteiger partial charge in [0.1, 0.15) is 0 Å². The molecule has 1 saturated heterocycles. The molecular weight excluding hydrogens is 342 g/mol. The minimum atomic E-state index is 0.108. The van der Waals surface area contributed by atoms with Gasteiger partial charge in [0.05, 0.1) is 0 Å². The second-order valence-electron chi connectivity index (χ2n) is 6.98. The number of ether oxygens (including phenoxy) is 1. The van der Waals surface area contributed by atoms with Gasteiger partial charge in [0.25, 0.3) is 0 Å². The van der Waals surface area contributed by atoms with E-state index in [1.807, 2.05) is 18.4 Å². The molecule has 5 heteroatoms. The highest BCUT2D eigenvalue weighted by atomic mass is 32.1. The van der Waals surface area contributed by atoms with Crippen molar-refractivity contribution in [2.75, 3.05) is 33.4 Å². The maximum absolute atomic E-state index is 5.63. The molecule has 0 bridgehead atoms. The Hall–Kier alpha value is -1.85. The molecule has 0 aliphatic carbocycles. The number of nitrogens with one attached hydrogen (secondary N) is 2. The molecule has 1 fully saturated rings. The Morgan fingerprint density at radius 3 is 2.58 bits per heavy atom. The van der Waals surface area contributed by atoms with Crippen LogP contribution in [0.25, 0.3) is 0 Å². The van der Waals surface area contributed by atoms with Crippen LogP contribution >= 0.6 is 11.3 Å². The van der Waals surface area contributed by atoms with Gasteiger partial charge in [-0.25, -0.2) is 0 Å². The minimum absolute atomic E-state index is 0.108. The van der Waals surface area contributed by atoms with Crippen LogP contribution in [0.15, 0.2) is 52.8 Å². The summed E-state index contributed by atoms with van der Waals surface area (Å²) in [5.41, 5.74) is 1.49. The third-order valence-corrected chi connectivity index (χ3v) is 6.36. The number of hydrogen-bond donors (Lipinski definition) is 2. The Morgan fingerprint density at radius 1 is 1.15 bits per heavy atom. The summed E-state index contributed by atoms with van der Waals surface area (Å²) in [5, 5.41) is 9.18. The molecule has 140 valence electrons. The van der Waals surface area contributed by atoms with E-state index >= 15 is 0 Å². The highest BCUT2D eigenvalue weighted by molar-refractivity contribution is 7.10. The van der Waals surface area contributed by atoms with Crippen LogP contribution in [-0.2, 0) is 10.2 Å². The maximum Gasteiger partial charge on any atom is 0.191 e. The zero-order valence-corrected chi connectivity index (χ0v) is 16.5. The SMILES string of the molecule is CN=C(NCC(C)c1cccs1)NCC1(c2ccccc2)CCOCC1. The highest BCUT2D eigenvalue weighted by Gasteiger charge is 2.34. The summed E-state index contributed by atoms with van der Waals surface area (Å²) >= 11 is 1.81. The minimum Gasteiger partial charge on any atom is -0.381 e. The molecule has 1 aliphatic heterocycles. The molecule has 0 saturated carbocycles. The second kappa shape index (κ2) is 9.19. The van der Waals surface area contributed by atoms with Crippen LogP contribution in [0, 0.1) is 0 Å². The van der Waals surface area contributed by atoms with Crippen LogP contribution in [0.3, 0.4) is 0 Å². The van der Waals surface area contributed by atoms with E-state index in [0.717, 1.165) is 45.1 Å². The van der Waals surface area contributed by atoms with Crippen molar-refractivity contribution in [1.29, 1.82) is 0 Å². The molecule has 1 aliphatic rings. The molecule has 0 spiro atoms. The lowest BCUT2D eigenvalue weighted by Gasteiger charge is -2.38. The van der Waals surface area contributed by atoms with Gasteiger partial charge in [-0.05, 0) is 29.9 Å². The van der Waals surface area contributed by atoms with E-state index in [-0.39, 0.29) is 5.41 Å². The lowest BCUT2D eigenvalue weighted by atomic mass is 9.74. The predicted octanol–water partition coefficient (Wildman–Crippen LogP) is 3.77. The Labute approximate surface area is 160 Å². The van der Waals surface area contributed by atoms with Crippen molar-refractivity contribution in [3.63, 3.8) is 0 Å². The average molecular weight is 372 g/mol. The molecule has 0 amide bonds. The summed E-state index contributed by atoms with van der Waals surface area (Å²) in [7, 11) is 1.84. The number of thiophene rings is 1. The van der Waals surface area contributed by atoms with Crippen LogP contribution in [0.4, 0.5) is 0 Å². The average Bonchev–Trinajstić information content (AvgIpc) is 3.24. The van der Waals surface area contributed by atoms with Crippen LogP contribution in [-0.4, -0.2) is 39.3 Å². The molecular formula is C21H29N3OS. The third-order valence-electron chi connectivity index (χ3n) is 5.26. The van der Waals surface area contributed by atoms with Gasteiger partial charge in [-0.1, -0.05) is 43.3 Å². The topological polar surface area (TPSA) is 45.7 Å². The molecule has 1 aromatic heterocycles. The summed E-state index contributed by atoms with van der Waals surface area (Å²) in [6.45, 7) is 5.63. The Morgan fingerprint density at radius 2 is 1.92 bits per heavy atom. The number of nitrogens with zero attached hydrogens (tertiary/aromatic N) is 1. The van der Waals surface area contributed by atoms with Gasteiger partial charge in [-0.15, -0.1) is 11.3 Å². The quantitative estimate of drug-likeness (QED) is 0.600. The van der Waals surface area contributed by atoms with Crippen molar-refractivity contribution in [2.45, 2.75) is 31.1 Å². The zero-order chi connectivity index (χ0) is 18.2. The number of rotatable bonds is 6. The molecule has 2 aromatic rings. The third kappa shape index (κ3) is 4.65. The first-order valence-electron chi connectivity index (χ1n) is 9.35. The van der Waals surface area contributed by atoms with Gasteiger partial charge < -0.3 is 15.4 Å². The van der Waals surface area contributed by atoms with Gasteiger partial charge >= 0.3 is 0 Å². The molecule has 2 N–H and O–H groups in total. The van der Waals surface area contributed by atoms with Crippen molar-refractivity contribution >= 4 is 17.3 Å². The largest absolute Gasteiger partial charge is 0.381 e. The summed E-state index contributed by atoms with van der Waals surface area (Å²) in [4.78, 5) is 5.82. The van der Waals surface area contributed by atoms with Gasteiger partial charge in [-0.3, -0.25) is 4.99 Å². The monoisotopic (exact) mass is 371 g/mol. The molecule has 1 unspecified atom stereocenters. The number of guanidine groups is 1. The van der Waals surface area contributed by atoms with Crippen molar-refractivity contribution < 1.29 is 4.74 Å². The van der Waals surface area contributed by atoms with Crippen LogP contribution in [0.1, 0.15) is 36.1 Å². The molecule has 26 heavy (non-hydrogen) atoms. The first kappa shape index (κ1) is 18.9. The van der Waals surface area contributed by atoms with Crippen molar-refractivity contribution in [1.82, 2.24) is 10.6 Å². The summed E-state index contributed by atoms with van der Waals surface area (Å²) in [5.74, 6) is 1.34. The van der Waals surface area contributed by atoms with E-state index in [0.29, 0.717) is 5.92 Å². The number of benzene rings is 1. The van der Waals surface area contributed by atoms with E-state index in [4.69, 9.17) is 4.74 Å². The standard InChI is InChI=1S/C21H29N3OS/c1-17(19-9-6-14-26-19)15-23-20(22-2)24-16-21(10-12-25-13-11-21)18-7-4-3-5-8-18/h3-9,14,17H,10-13,15-16H2,1-2H3,(H2,22,23,24). The van der Waals surface area contributed by atoms with E-state index in [1.165, 1.54) is 10.4 Å². The smallest absolute Gasteiger partial charge is 0.191 e. The highest BCUT2D eigenvalue weighted by Crippen LogP contribution is 2.34. The Balaban J connectivity index is 1.60. The molecule has 4 nitrogen and oxygen atoms in total. The van der Waals surface area contributed by atoms with Crippen LogP contribution in [0.5, 0.6) is 0 Å². The molecule has 1 atom stereocenters. The fourth-order valence-electron chi connectivity index (χ4n) is 3.52. The van der Waals surface area contributed by atoms with Crippen LogP contribution < -0.4 is 10.6 Å². The zero-order valence-electron chi connectivity index (χ0n) is 15.7. The van der Waals surface area contributed by atoms with Gasteiger partial charge in [0.2, 0.25) is 0 Å². The second-order valence-corrected chi connectivity index (χ2v) is 7.96. The van der Waals surface area contributed by atoms with Gasteiger partial charge in [0.15, 0.2) is 5.96 Å². The normalized spacial score (nSPS) is 18.3. The van der Waals surface area contributed by atoms with Gasteiger partial charge in [0, 0.05) is 49.6 Å².